The molecule has 0 aliphatic carbocycles. The summed E-state index contributed by atoms with van der Waals surface area (Å²) in [6, 6.07) is 9.11. The Morgan fingerprint density at radius 2 is 1.95 bits per heavy atom. The second-order valence-corrected chi connectivity index (χ2v) is 4.71. The van der Waals surface area contributed by atoms with E-state index in [1.807, 2.05) is 32.0 Å². The third kappa shape index (κ3) is 2.59. The van der Waals surface area contributed by atoms with Crippen molar-refractivity contribution in [3.8, 4) is 5.69 Å². The minimum atomic E-state index is -1.00. The van der Waals surface area contributed by atoms with Crippen LogP contribution in [-0.2, 0) is 11.2 Å². The number of H-pyrrole nitrogens is 1. The monoisotopic (exact) mass is 260 g/mol. The molecule has 5 nitrogen and oxygen atoms in total. The van der Waals surface area contributed by atoms with Gasteiger partial charge < -0.3 is 5.11 Å². The van der Waals surface area contributed by atoms with E-state index >= 15 is 0 Å². The van der Waals surface area contributed by atoms with Crippen LogP contribution in [0, 0.1) is 0 Å². The molecule has 0 aliphatic heterocycles. The summed E-state index contributed by atoms with van der Waals surface area (Å²) in [5.41, 5.74) is 1.41. The average molecular weight is 260 g/mol. The number of aliphatic carboxylic acids is 1. The first-order chi connectivity index (χ1) is 9.00. The van der Waals surface area contributed by atoms with Gasteiger partial charge in [0, 0.05) is 5.69 Å². The van der Waals surface area contributed by atoms with Crippen molar-refractivity contribution in [3.63, 3.8) is 0 Å². The van der Waals surface area contributed by atoms with Crippen LogP contribution in [0.3, 0.4) is 0 Å². The lowest BCUT2D eigenvalue weighted by Gasteiger charge is -2.04. The van der Waals surface area contributed by atoms with E-state index in [1.54, 1.807) is 12.1 Å². The van der Waals surface area contributed by atoms with E-state index in [0.717, 1.165) is 0 Å². The van der Waals surface area contributed by atoms with Crippen LogP contribution < -0.4 is 5.56 Å². The molecule has 0 spiro atoms. The van der Waals surface area contributed by atoms with Crippen molar-refractivity contribution < 1.29 is 9.90 Å². The van der Waals surface area contributed by atoms with Crippen molar-refractivity contribution in [2.75, 3.05) is 0 Å². The fourth-order valence-corrected chi connectivity index (χ4v) is 2.05. The number of benzene rings is 1. The molecule has 0 fully saturated rings. The number of rotatable bonds is 4. The van der Waals surface area contributed by atoms with Gasteiger partial charge in [-0.2, -0.15) is 0 Å². The molecule has 19 heavy (non-hydrogen) atoms. The van der Waals surface area contributed by atoms with Gasteiger partial charge in [-0.1, -0.05) is 32.0 Å². The Bertz CT molecular complexity index is 638. The molecule has 0 atom stereocenters. The molecule has 0 aliphatic rings. The average Bonchev–Trinajstić information content (AvgIpc) is 2.68. The Kier molecular flexibility index (Phi) is 3.55. The Balaban J connectivity index is 2.59. The van der Waals surface area contributed by atoms with Crippen LogP contribution in [0.4, 0.5) is 0 Å². The molecule has 0 unspecified atom stereocenters. The summed E-state index contributed by atoms with van der Waals surface area (Å²) in [6.07, 6.45) is -0.261. The number of aromatic nitrogens is 2. The van der Waals surface area contributed by atoms with Gasteiger partial charge in [-0.3, -0.25) is 14.7 Å². The highest BCUT2D eigenvalue weighted by molar-refractivity contribution is 5.70. The highest BCUT2D eigenvalue weighted by atomic mass is 16.4. The summed E-state index contributed by atoms with van der Waals surface area (Å²) in [5, 5.41) is 11.9. The summed E-state index contributed by atoms with van der Waals surface area (Å²) in [5.74, 6) is -0.940. The molecule has 2 N–H and O–H groups in total. The molecule has 5 heteroatoms. The predicted molar refractivity (Wildman–Crippen MR) is 71.8 cm³/mol. The quantitative estimate of drug-likeness (QED) is 0.881. The van der Waals surface area contributed by atoms with E-state index in [1.165, 1.54) is 4.68 Å². The van der Waals surface area contributed by atoms with E-state index in [9.17, 15) is 9.59 Å². The lowest BCUT2D eigenvalue weighted by atomic mass is 10.0. The van der Waals surface area contributed by atoms with Crippen molar-refractivity contribution in [2.45, 2.75) is 26.2 Å². The minimum absolute atomic E-state index is 0.0620. The van der Waals surface area contributed by atoms with Crippen LogP contribution in [0.5, 0.6) is 0 Å². The van der Waals surface area contributed by atoms with Crippen LogP contribution in [-0.4, -0.2) is 20.9 Å². The molecule has 1 heterocycles. The molecule has 1 aromatic carbocycles. The fraction of sp³-hybridized carbons (Fsp3) is 0.286. The number of aromatic amines is 1. The number of carboxylic acid groups (broad SMARTS) is 1. The van der Waals surface area contributed by atoms with Crippen LogP contribution in [0.2, 0.25) is 0 Å². The zero-order chi connectivity index (χ0) is 14.0. The fourth-order valence-electron chi connectivity index (χ4n) is 2.05. The van der Waals surface area contributed by atoms with Crippen LogP contribution in [0.15, 0.2) is 35.1 Å². The molecule has 0 saturated carbocycles. The molecule has 100 valence electrons. The summed E-state index contributed by atoms with van der Waals surface area (Å²) < 4.78 is 1.40. The van der Waals surface area contributed by atoms with Gasteiger partial charge in [0.1, 0.15) is 0 Å². The Morgan fingerprint density at radius 3 is 2.47 bits per heavy atom. The predicted octanol–water partition coefficient (Wildman–Crippen LogP) is 1.92. The Morgan fingerprint density at radius 1 is 1.32 bits per heavy atom. The van der Waals surface area contributed by atoms with Crippen LogP contribution in [0.25, 0.3) is 5.69 Å². The smallest absolute Gasteiger partial charge is 0.308 e. The largest absolute Gasteiger partial charge is 0.481 e. The zero-order valence-electron chi connectivity index (χ0n) is 10.9. The normalized spacial score (nSPS) is 10.9. The maximum atomic E-state index is 12.3. The third-order valence-electron chi connectivity index (χ3n) is 2.94. The minimum Gasteiger partial charge on any atom is -0.481 e. The van der Waals surface area contributed by atoms with E-state index < -0.39 is 5.97 Å². The first-order valence-electron chi connectivity index (χ1n) is 6.11. The lowest BCUT2D eigenvalue weighted by molar-refractivity contribution is -0.136. The van der Waals surface area contributed by atoms with Crippen molar-refractivity contribution in [3.05, 3.63) is 51.9 Å². The first kappa shape index (κ1) is 13.1. The lowest BCUT2D eigenvalue weighted by Crippen LogP contribution is -2.19. The van der Waals surface area contributed by atoms with Crippen LogP contribution in [0.1, 0.15) is 31.0 Å². The standard InChI is InChI=1S/C14H16N2O3/c1-9(2)13-11(8-12(17)18)14(19)16(15-13)10-6-4-3-5-7-10/h3-7,9,15H,8H2,1-2H3,(H,17,18). The molecular weight excluding hydrogens is 244 g/mol. The van der Waals surface area contributed by atoms with Gasteiger partial charge in [-0.05, 0) is 18.1 Å². The maximum Gasteiger partial charge on any atom is 0.308 e. The van der Waals surface area contributed by atoms with Gasteiger partial charge in [-0.15, -0.1) is 0 Å². The van der Waals surface area contributed by atoms with Gasteiger partial charge in [0.2, 0.25) is 0 Å². The molecule has 1 aromatic heterocycles. The van der Waals surface area contributed by atoms with Gasteiger partial charge in [0.15, 0.2) is 0 Å². The molecule has 0 radical (unpaired) electrons. The molecular formula is C14H16N2O3. The number of para-hydroxylation sites is 1. The van der Waals surface area contributed by atoms with Crippen molar-refractivity contribution in [2.24, 2.45) is 0 Å². The SMILES string of the molecule is CC(C)c1[nH]n(-c2ccccc2)c(=O)c1CC(=O)O. The van der Waals surface area contributed by atoms with E-state index in [2.05, 4.69) is 5.10 Å². The van der Waals surface area contributed by atoms with Crippen LogP contribution >= 0.6 is 0 Å². The first-order valence-corrected chi connectivity index (χ1v) is 6.11. The second-order valence-electron chi connectivity index (χ2n) is 4.71. The zero-order valence-corrected chi connectivity index (χ0v) is 10.9. The number of nitrogens with zero attached hydrogens (tertiary/aromatic N) is 1. The summed E-state index contributed by atoms with van der Waals surface area (Å²) >= 11 is 0. The highest BCUT2D eigenvalue weighted by Crippen LogP contribution is 2.16. The summed E-state index contributed by atoms with van der Waals surface area (Å²) in [6.45, 7) is 3.85. The highest BCUT2D eigenvalue weighted by Gasteiger charge is 2.19. The molecule has 0 amide bonds. The van der Waals surface area contributed by atoms with Crippen molar-refractivity contribution in [1.82, 2.24) is 9.78 Å². The third-order valence-corrected chi connectivity index (χ3v) is 2.94. The van der Waals surface area contributed by atoms with Crippen molar-refractivity contribution in [1.29, 1.82) is 0 Å². The second kappa shape index (κ2) is 5.14. The molecule has 0 bridgehead atoms. The van der Waals surface area contributed by atoms with E-state index in [0.29, 0.717) is 16.9 Å². The van der Waals surface area contributed by atoms with E-state index in [4.69, 9.17) is 5.11 Å². The topological polar surface area (TPSA) is 75.1 Å². The summed E-state index contributed by atoms with van der Waals surface area (Å²) in [4.78, 5) is 23.2. The number of hydrogen-bond donors (Lipinski definition) is 2. The van der Waals surface area contributed by atoms with Crippen molar-refractivity contribution >= 4 is 5.97 Å². The Labute approximate surface area is 110 Å². The van der Waals surface area contributed by atoms with Gasteiger partial charge in [0.25, 0.3) is 5.56 Å². The van der Waals surface area contributed by atoms with E-state index in [-0.39, 0.29) is 17.9 Å². The maximum absolute atomic E-state index is 12.3. The number of carboxylic acids is 1. The molecule has 0 saturated heterocycles. The number of hydrogen-bond acceptors (Lipinski definition) is 2. The molecule has 2 aromatic rings. The number of carbonyl (C=O) groups is 1. The Hall–Kier alpha value is -2.30. The van der Waals surface area contributed by atoms with Gasteiger partial charge in [-0.25, -0.2) is 4.68 Å². The molecule has 2 rings (SSSR count). The summed E-state index contributed by atoms with van der Waals surface area (Å²) in [7, 11) is 0. The van der Waals surface area contributed by atoms with Gasteiger partial charge in [0.05, 0.1) is 17.7 Å². The number of nitrogens with one attached hydrogen (secondary N) is 1. The van der Waals surface area contributed by atoms with Gasteiger partial charge >= 0.3 is 5.97 Å².